The second-order valence-corrected chi connectivity index (χ2v) is 4.80. The molecule has 1 aromatic heterocycles. The van der Waals surface area contributed by atoms with Crippen molar-refractivity contribution in [1.82, 2.24) is 15.6 Å². The summed E-state index contributed by atoms with van der Waals surface area (Å²) in [5, 5.41) is 3.75. The molecule has 0 radical (unpaired) electrons. The van der Waals surface area contributed by atoms with Crippen LogP contribution in [0.4, 0.5) is 18.0 Å². The summed E-state index contributed by atoms with van der Waals surface area (Å²) in [6.07, 6.45) is -3.12. The number of nitrogens with zero attached hydrogens (tertiary/aromatic N) is 1. The molecule has 0 bridgehead atoms. The van der Waals surface area contributed by atoms with Gasteiger partial charge in [-0.25, -0.2) is 9.59 Å². The SMILES string of the molecule is O=C(COC(=O)c1cccc2cccnc12)NC(=O)NCC(F)(F)F. The molecule has 0 aliphatic rings. The monoisotopic (exact) mass is 355 g/mol. The van der Waals surface area contributed by atoms with Gasteiger partial charge in [0.25, 0.3) is 5.91 Å². The highest BCUT2D eigenvalue weighted by Gasteiger charge is 2.28. The van der Waals surface area contributed by atoms with Crippen LogP contribution in [0.5, 0.6) is 0 Å². The van der Waals surface area contributed by atoms with Gasteiger partial charge in [-0.1, -0.05) is 18.2 Å². The topological polar surface area (TPSA) is 97.4 Å². The lowest BCUT2D eigenvalue weighted by atomic mass is 10.1. The van der Waals surface area contributed by atoms with Crippen molar-refractivity contribution in [3.05, 3.63) is 42.1 Å². The number of halogens is 3. The number of carbonyl (C=O) groups is 3. The maximum absolute atomic E-state index is 12.0. The average molecular weight is 355 g/mol. The van der Waals surface area contributed by atoms with Crippen molar-refractivity contribution in [2.45, 2.75) is 6.18 Å². The van der Waals surface area contributed by atoms with E-state index >= 15 is 0 Å². The lowest BCUT2D eigenvalue weighted by Gasteiger charge is -2.09. The number of ether oxygens (including phenoxy) is 1. The minimum absolute atomic E-state index is 0.118. The van der Waals surface area contributed by atoms with Gasteiger partial charge < -0.3 is 10.1 Å². The number of fused-ring (bicyclic) bond motifs is 1. The number of aromatic nitrogens is 1. The number of pyridine rings is 1. The van der Waals surface area contributed by atoms with Crippen LogP contribution in [0.25, 0.3) is 10.9 Å². The molecule has 0 unspecified atom stereocenters. The van der Waals surface area contributed by atoms with Gasteiger partial charge in [-0.15, -0.1) is 0 Å². The minimum Gasteiger partial charge on any atom is -0.452 e. The van der Waals surface area contributed by atoms with E-state index in [-0.39, 0.29) is 5.56 Å². The molecule has 0 saturated carbocycles. The van der Waals surface area contributed by atoms with Crippen LogP contribution in [0.1, 0.15) is 10.4 Å². The van der Waals surface area contributed by atoms with Crippen LogP contribution in [0.3, 0.4) is 0 Å². The van der Waals surface area contributed by atoms with Gasteiger partial charge in [-0.2, -0.15) is 13.2 Å². The van der Waals surface area contributed by atoms with E-state index in [1.54, 1.807) is 29.6 Å². The van der Waals surface area contributed by atoms with E-state index in [1.807, 2.05) is 0 Å². The molecule has 0 atom stereocenters. The van der Waals surface area contributed by atoms with Crippen LogP contribution in [0.2, 0.25) is 0 Å². The first-order chi connectivity index (χ1) is 11.8. The van der Waals surface area contributed by atoms with Gasteiger partial charge in [0, 0.05) is 11.6 Å². The summed E-state index contributed by atoms with van der Waals surface area (Å²) in [6, 6.07) is 6.86. The second-order valence-electron chi connectivity index (χ2n) is 4.80. The molecule has 0 saturated heterocycles. The summed E-state index contributed by atoms with van der Waals surface area (Å²) >= 11 is 0. The van der Waals surface area contributed by atoms with E-state index in [1.165, 1.54) is 17.6 Å². The van der Waals surface area contributed by atoms with Gasteiger partial charge in [0.15, 0.2) is 6.61 Å². The Kier molecular flexibility index (Phi) is 5.52. The Morgan fingerprint density at radius 1 is 1.12 bits per heavy atom. The number of urea groups is 1. The molecule has 2 aromatic rings. The number of hydrogen-bond donors (Lipinski definition) is 2. The van der Waals surface area contributed by atoms with E-state index in [9.17, 15) is 27.6 Å². The first-order valence-corrected chi connectivity index (χ1v) is 6.91. The molecule has 0 aliphatic carbocycles. The molecule has 2 N–H and O–H groups in total. The van der Waals surface area contributed by atoms with E-state index < -0.39 is 37.2 Å². The van der Waals surface area contributed by atoms with E-state index in [2.05, 4.69) is 4.98 Å². The van der Waals surface area contributed by atoms with Crippen molar-refractivity contribution in [3.63, 3.8) is 0 Å². The van der Waals surface area contributed by atoms with Crippen molar-refractivity contribution < 1.29 is 32.3 Å². The molecule has 0 spiro atoms. The third kappa shape index (κ3) is 5.44. The average Bonchev–Trinajstić information content (AvgIpc) is 2.57. The fraction of sp³-hybridized carbons (Fsp3) is 0.200. The highest BCUT2D eigenvalue weighted by atomic mass is 19.4. The molecular weight excluding hydrogens is 343 g/mol. The number of carbonyl (C=O) groups excluding carboxylic acids is 3. The Hall–Kier alpha value is -3.17. The standard InChI is InChI=1S/C15H12F3N3O4/c16-15(17,18)8-20-14(24)21-11(22)7-25-13(23)10-5-1-3-9-4-2-6-19-12(9)10/h1-6H,7-8H2,(H2,20,21,22,24). The highest BCUT2D eigenvalue weighted by Crippen LogP contribution is 2.16. The smallest absolute Gasteiger partial charge is 0.405 e. The number of hydrogen-bond acceptors (Lipinski definition) is 5. The Morgan fingerprint density at radius 3 is 2.56 bits per heavy atom. The van der Waals surface area contributed by atoms with Gasteiger partial charge in [-0.05, 0) is 12.1 Å². The Balaban J connectivity index is 1.89. The molecule has 10 heteroatoms. The molecule has 132 valence electrons. The molecule has 1 heterocycles. The van der Waals surface area contributed by atoms with Crippen LogP contribution >= 0.6 is 0 Å². The number of amides is 3. The normalized spacial score (nSPS) is 11.0. The van der Waals surface area contributed by atoms with Crippen molar-refractivity contribution >= 4 is 28.8 Å². The Morgan fingerprint density at radius 2 is 1.84 bits per heavy atom. The lowest BCUT2D eigenvalue weighted by Crippen LogP contribution is -2.44. The maximum atomic E-state index is 12.0. The fourth-order valence-corrected chi connectivity index (χ4v) is 1.87. The number of esters is 1. The third-order valence-corrected chi connectivity index (χ3v) is 2.89. The van der Waals surface area contributed by atoms with Gasteiger partial charge in [0.2, 0.25) is 0 Å². The zero-order valence-electron chi connectivity index (χ0n) is 12.6. The van der Waals surface area contributed by atoms with E-state index in [0.717, 1.165) is 0 Å². The number of rotatable bonds is 4. The van der Waals surface area contributed by atoms with Crippen LogP contribution in [0, 0.1) is 0 Å². The zero-order valence-corrected chi connectivity index (χ0v) is 12.6. The third-order valence-electron chi connectivity index (χ3n) is 2.89. The first-order valence-electron chi connectivity index (χ1n) is 6.91. The van der Waals surface area contributed by atoms with Crippen molar-refractivity contribution in [3.8, 4) is 0 Å². The lowest BCUT2D eigenvalue weighted by molar-refractivity contribution is -0.125. The predicted octanol–water partition coefficient (Wildman–Crippen LogP) is 1.78. The van der Waals surface area contributed by atoms with Crippen molar-refractivity contribution in [2.24, 2.45) is 0 Å². The maximum Gasteiger partial charge on any atom is 0.405 e. The second kappa shape index (κ2) is 7.60. The van der Waals surface area contributed by atoms with Gasteiger partial charge >= 0.3 is 18.2 Å². The van der Waals surface area contributed by atoms with Crippen molar-refractivity contribution in [2.75, 3.05) is 13.2 Å². The molecule has 7 nitrogen and oxygen atoms in total. The summed E-state index contributed by atoms with van der Waals surface area (Å²) in [6.45, 7) is -2.42. The molecule has 25 heavy (non-hydrogen) atoms. The van der Waals surface area contributed by atoms with E-state index in [0.29, 0.717) is 10.9 Å². The van der Waals surface area contributed by atoms with Crippen molar-refractivity contribution in [1.29, 1.82) is 0 Å². The van der Waals surface area contributed by atoms with Gasteiger partial charge in [-0.3, -0.25) is 15.1 Å². The fourth-order valence-electron chi connectivity index (χ4n) is 1.87. The Bertz CT molecular complexity index is 803. The summed E-state index contributed by atoms with van der Waals surface area (Å²) in [4.78, 5) is 38.6. The minimum atomic E-state index is -4.60. The zero-order chi connectivity index (χ0) is 18.4. The summed E-state index contributed by atoms with van der Waals surface area (Å²) in [5.74, 6) is -1.92. The summed E-state index contributed by atoms with van der Waals surface area (Å²) in [7, 11) is 0. The number of benzene rings is 1. The molecule has 1 aromatic carbocycles. The first kappa shape index (κ1) is 18.2. The Labute approximate surface area is 139 Å². The predicted molar refractivity (Wildman–Crippen MR) is 79.6 cm³/mol. The van der Waals surface area contributed by atoms with Crippen LogP contribution in [-0.4, -0.2) is 42.2 Å². The molecule has 2 rings (SSSR count). The molecular formula is C15H12F3N3O4. The molecule has 0 fully saturated rings. The van der Waals surface area contributed by atoms with Gasteiger partial charge in [0.05, 0.1) is 11.1 Å². The number of nitrogens with one attached hydrogen (secondary N) is 2. The van der Waals surface area contributed by atoms with Crippen LogP contribution in [0.15, 0.2) is 36.5 Å². The molecule has 0 aliphatic heterocycles. The number of imide groups is 1. The quantitative estimate of drug-likeness (QED) is 0.815. The number of para-hydroxylation sites is 1. The van der Waals surface area contributed by atoms with Crippen LogP contribution < -0.4 is 10.6 Å². The largest absolute Gasteiger partial charge is 0.452 e. The van der Waals surface area contributed by atoms with Gasteiger partial charge in [0.1, 0.15) is 6.54 Å². The highest BCUT2D eigenvalue weighted by molar-refractivity contribution is 6.03. The summed E-state index contributed by atoms with van der Waals surface area (Å²) < 4.78 is 40.5. The van der Waals surface area contributed by atoms with E-state index in [4.69, 9.17) is 4.74 Å². The molecule has 3 amide bonds. The van der Waals surface area contributed by atoms with Crippen LogP contribution in [-0.2, 0) is 9.53 Å². The summed E-state index contributed by atoms with van der Waals surface area (Å²) in [5.41, 5.74) is 0.491. The number of alkyl halides is 3.